The number of thiazole rings is 1. The molecule has 0 atom stereocenters. The zero-order valence-corrected chi connectivity index (χ0v) is 8.49. The Morgan fingerprint density at radius 1 is 1.33 bits per heavy atom. The molecule has 0 unspecified atom stereocenters. The second-order valence-electron chi connectivity index (χ2n) is 2.95. The normalized spacial score (nSPS) is 10.1. The highest BCUT2D eigenvalue weighted by atomic mass is 32.1. The van der Waals surface area contributed by atoms with Gasteiger partial charge in [-0.15, -0.1) is 0 Å². The number of anilines is 1. The molecule has 0 spiro atoms. The van der Waals surface area contributed by atoms with Gasteiger partial charge in [0.05, 0.1) is 10.4 Å². The van der Waals surface area contributed by atoms with Gasteiger partial charge in [0, 0.05) is 6.20 Å². The van der Waals surface area contributed by atoms with Crippen molar-refractivity contribution < 1.29 is 9.90 Å². The number of rotatable bonds is 2. The molecule has 15 heavy (non-hydrogen) atoms. The van der Waals surface area contributed by atoms with Crippen LogP contribution in [-0.4, -0.2) is 16.1 Å². The number of nitrogen functional groups attached to an aromatic ring is 1. The van der Waals surface area contributed by atoms with Crippen molar-refractivity contribution in [1.29, 1.82) is 0 Å². The van der Waals surface area contributed by atoms with Crippen molar-refractivity contribution in [2.45, 2.75) is 0 Å². The molecule has 0 saturated heterocycles. The second kappa shape index (κ2) is 3.70. The molecular formula is C10H8N2O2S. The molecular weight excluding hydrogens is 212 g/mol. The monoisotopic (exact) mass is 220 g/mol. The first kappa shape index (κ1) is 9.67. The average Bonchev–Trinajstić information content (AvgIpc) is 2.65. The molecule has 2 aromatic rings. The first-order valence-corrected chi connectivity index (χ1v) is 5.03. The van der Waals surface area contributed by atoms with Gasteiger partial charge in [-0.2, -0.15) is 0 Å². The van der Waals surface area contributed by atoms with E-state index >= 15 is 0 Å². The number of benzene rings is 1. The summed E-state index contributed by atoms with van der Waals surface area (Å²) in [6.45, 7) is 0. The second-order valence-corrected chi connectivity index (χ2v) is 4.01. The summed E-state index contributed by atoms with van der Waals surface area (Å²) in [5.74, 6) is -0.926. The van der Waals surface area contributed by atoms with Gasteiger partial charge in [0.1, 0.15) is 0 Å². The van der Waals surface area contributed by atoms with Crippen molar-refractivity contribution >= 4 is 22.4 Å². The smallest absolute Gasteiger partial charge is 0.335 e. The van der Waals surface area contributed by atoms with Crippen LogP contribution in [0.1, 0.15) is 10.4 Å². The van der Waals surface area contributed by atoms with E-state index in [2.05, 4.69) is 4.98 Å². The maximum absolute atomic E-state index is 10.6. The van der Waals surface area contributed by atoms with Crippen molar-refractivity contribution in [2.24, 2.45) is 0 Å². The molecule has 4 nitrogen and oxygen atoms in total. The number of carbonyl (C=O) groups is 1. The Labute approximate surface area is 90.0 Å². The summed E-state index contributed by atoms with van der Waals surface area (Å²) in [5.41, 5.74) is 6.71. The third-order valence-corrected chi connectivity index (χ3v) is 2.82. The highest BCUT2D eigenvalue weighted by Crippen LogP contribution is 2.27. The minimum absolute atomic E-state index is 0.274. The van der Waals surface area contributed by atoms with Crippen LogP contribution in [0.4, 0.5) is 5.13 Å². The van der Waals surface area contributed by atoms with Crippen LogP contribution in [-0.2, 0) is 0 Å². The summed E-state index contributed by atoms with van der Waals surface area (Å²) in [6.07, 6.45) is 1.68. The first-order chi connectivity index (χ1) is 7.16. The molecule has 76 valence electrons. The van der Waals surface area contributed by atoms with Gasteiger partial charge in [-0.1, -0.05) is 23.5 Å². The first-order valence-electron chi connectivity index (χ1n) is 4.22. The van der Waals surface area contributed by atoms with E-state index in [1.807, 2.05) is 0 Å². The standard InChI is InChI=1S/C10H8N2O2S/c11-10-12-5-8(15-10)6-1-3-7(4-2-6)9(13)14/h1-5H,(H2,11,12)(H,13,14). The maximum Gasteiger partial charge on any atom is 0.335 e. The molecule has 0 fully saturated rings. The van der Waals surface area contributed by atoms with Gasteiger partial charge >= 0.3 is 5.97 Å². The highest BCUT2D eigenvalue weighted by Gasteiger charge is 2.05. The van der Waals surface area contributed by atoms with Crippen molar-refractivity contribution in [3.8, 4) is 10.4 Å². The lowest BCUT2D eigenvalue weighted by molar-refractivity contribution is 0.0697. The van der Waals surface area contributed by atoms with E-state index in [0.29, 0.717) is 5.13 Å². The largest absolute Gasteiger partial charge is 0.478 e. The Kier molecular flexibility index (Phi) is 2.39. The lowest BCUT2D eigenvalue weighted by atomic mass is 10.1. The van der Waals surface area contributed by atoms with Crippen LogP contribution in [0.15, 0.2) is 30.5 Å². The quantitative estimate of drug-likeness (QED) is 0.812. The van der Waals surface area contributed by atoms with E-state index in [1.165, 1.54) is 11.3 Å². The number of hydrogen-bond donors (Lipinski definition) is 2. The van der Waals surface area contributed by atoms with Gasteiger partial charge in [-0.05, 0) is 17.7 Å². The summed E-state index contributed by atoms with van der Waals surface area (Å²) in [6, 6.07) is 6.62. The van der Waals surface area contributed by atoms with Crippen LogP contribution < -0.4 is 5.73 Å². The molecule has 0 bridgehead atoms. The number of hydrogen-bond acceptors (Lipinski definition) is 4. The van der Waals surface area contributed by atoms with Gasteiger partial charge in [0.2, 0.25) is 0 Å². The summed E-state index contributed by atoms with van der Waals surface area (Å²) >= 11 is 1.37. The third-order valence-electron chi connectivity index (χ3n) is 1.94. The van der Waals surface area contributed by atoms with E-state index in [9.17, 15) is 4.79 Å². The fraction of sp³-hybridized carbons (Fsp3) is 0. The predicted molar refractivity (Wildman–Crippen MR) is 58.9 cm³/mol. The Hall–Kier alpha value is -1.88. The van der Waals surface area contributed by atoms with Crippen LogP contribution in [0.2, 0.25) is 0 Å². The van der Waals surface area contributed by atoms with E-state index in [-0.39, 0.29) is 5.56 Å². The predicted octanol–water partition coefficient (Wildman–Crippen LogP) is 2.09. The summed E-state index contributed by atoms with van der Waals surface area (Å²) < 4.78 is 0. The number of aromatic nitrogens is 1. The number of nitrogens with zero attached hydrogens (tertiary/aromatic N) is 1. The Balaban J connectivity index is 2.35. The number of aromatic carboxylic acids is 1. The lowest BCUT2D eigenvalue weighted by Gasteiger charge is -1.97. The highest BCUT2D eigenvalue weighted by molar-refractivity contribution is 7.18. The maximum atomic E-state index is 10.6. The van der Waals surface area contributed by atoms with Gasteiger partial charge in [-0.3, -0.25) is 0 Å². The molecule has 3 N–H and O–H groups in total. The summed E-state index contributed by atoms with van der Waals surface area (Å²) in [4.78, 5) is 15.5. The van der Waals surface area contributed by atoms with Gasteiger partial charge in [0.25, 0.3) is 0 Å². The minimum atomic E-state index is -0.926. The van der Waals surface area contributed by atoms with Crippen LogP contribution in [0.5, 0.6) is 0 Å². The minimum Gasteiger partial charge on any atom is -0.478 e. The zero-order valence-electron chi connectivity index (χ0n) is 7.68. The van der Waals surface area contributed by atoms with E-state index in [1.54, 1.807) is 30.5 Å². The van der Waals surface area contributed by atoms with Crippen LogP contribution >= 0.6 is 11.3 Å². The Morgan fingerprint density at radius 3 is 2.47 bits per heavy atom. The van der Waals surface area contributed by atoms with E-state index < -0.39 is 5.97 Å². The summed E-state index contributed by atoms with van der Waals surface area (Å²) in [5, 5.41) is 9.23. The number of carboxylic acid groups (broad SMARTS) is 1. The molecule has 1 heterocycles. The molecule has 0 radical (unpaired) electrons. The van der Waals surface area contributed by atoms with Crippen LogP contribution in [0, 0.1) is 0 Å². The van der Waals surface area contributed by atoms with E-state index in [4.69, 9.17) is 10.8 Å². The van der Waals surface area contributed by atoms with Gasteiger partial charge in [0.15, 0.2) is 5.13 Å². The Bertz CT molecular complexity index is 490. The SMILES string of the molecule is Nc1ncc(-c2ccc(C(=O)O)cc2)s1. The molecule has 5 heteroatoms. The zero-order chi connectivity index (χ0) is 10.8. The molecule has 2 rings (SSSR count). The van der Waals surface area contributed by atoms with Gasteiger partial charge < -0.3 is 10.8 Å². The number of nitrogens with two attached hydrogens (primary N) is 1. The lowest BCUT2D eigenvalue weighted by Crippen LogP contribution is -1.94. The molecule has 0 aliphatic rings. The Morgan fingerprint density at radius 2 is 2.00 bits per heavy atom. The molecule has 1 aromatic carbocycles. The molecule has 0 aliphatic heterocycles. The third kappa shape index (κ3) is 1.97. The van der Waals surface area contributed by atoms with Crippen molar-refractivity contribution in [1.82, 2.24) is 4.98 Å². The fourth-order valence-corrected chi connectivity index (χ4v) is 1.89. The average molecular weight is 220 g/mol. The molecule has 0 amide bonds. The molecule has 0 saturated carbocycles. The van der Waals surface area contributed by atoms with Crippen LogP contribution in [0.3, 0.4) is 0 Å². The fourth-order valence-electron chi connectivity index (χ4n) is 1.20. The number of carboxylic acids is 1. The summed E-state index contributed by atoms with van der Waals surface area (Å²) in [7, 11) is 0. The molecule has 1 aromatic heterocycles. The molecule has 0 aliphatic carbocycles. The van der Waals surface area contributed by atoms with E-state index in [0.717, 1.165) is 10.4 Å². The van der Waals surface area contributed by atoms with Gasteiger partial charge in [-0.25, -0.2) is 9.78 Å². The van der Waals surface area contributed by atoms with Crippen molar-refractivity contribution in [3.05, 3.63) is 36.0 Å². The van der Waals surface area contributed by atoms with Crippen LogP contribution in [0.25, 0.3) is 10.4 Å². The topological polar surface area (TPSA) is 76.2 Å². The van der Waals surface area contributed by atoms with Crippen molar-refractivity contribution in [3.63, 3.8) is 0 Å². The van der Waals surface area contributed by atoms with Crippen molar-refractivity contribution in [2.75, 3.05) is 5.73 Å².